The van der Waals surface area contributed by atoms with E-state index in [2.05, 4.69) is 32.6 Å². The van der Waals surface area contributed by atoms with E-state index in [4.69, 9.17) is 0 Å². The molecule has 0 nitrogen and oxygen atoms in total. The van der Waals surface area contributed by atoms with Gasteiger partial charge in [-0.25, -0.2) is 0 Å². The van der Waals surface area contributed by atoms with E-state index in [1.807, 2.05) is 6.92 Å². The van der Waals surface area contributed by atoms with Crippen molar-refractivity contribution in [1.82, 2.24) is 0 Å². The third-order valence-corrected chi connectivity index (χ3v) is 1.91. The van der Waals surface area contributed by atoms with Crippen molar-refractivity contribution in [1.29, 1.82) is 0 Å². The van der Waals surface area contributed by atoms with Crippen LogP contribution in [0.15, 0.2) is 36.0 Å². The Balaban J connectivity index is 0.000000354. The molecular formula is C12H20. The van der Waals surface area contributed by atoms with E-state index in [9.17, 15) is 0 Å². The van der Waals surface area contributed by atoms with E-state index in [0.29, 0.717) is 0 Å². The van der Waals surface area contributed by atoms with E-state index in [1.165, 1.54) is 19.3 Å². The third kappa shape index (κ3) is 4.17. The molecule has 0 fully saturated rings. The molecule has 1 rings (SSSR count). The maximum Gasteiger partial charge on any atom is -0.0276 e. The molecule has 0 atom stereocenters. The van der Waals surface area contributed by atoms with Gasteiger partial charge in [0.15, 0.2) is 0 Å². The summed E-state index contributed by atoms with van der Waals surface area (Å²) < 4.78 is 0. The Labute approximate surface area is 76.7 Å². The van der Waals surface area contributed by atoms with Crippen molar-refractivity contribution >= 4 is 0 Å². The van der Waals surface area contributed by atoms with Gasteiger partial charge in [0.2, 0.25) is 0 Å². The molecule has 68 valence electrons. The van der Waals surface area contributed by atoms with Crippen LogP contribution >= 0.6 is 0 Å². The summed E-state index contributed by atoms with van der Waals surface area (Å²) in [5.74, 6) is 0. The highest BCUT2D eigenvalue weighted by Gasteiger charge is 2.06. The van der Waals surface area contributed by atoms with Crippen LogP contribution in [0.5, 0.6) is 0 Å². The smallest absolute Gasteiger partial charge is 0.0276 e. The van der Waals surface area contributed by atoms with Crippen molar-refractivity contribution in [2.24, 2.45) is 0 Å². The van der Waals surface area contributed by atoms with Crippen molar-refractivity contribution in [2.75, 3.05) is 0 Å². The first-order valence-corrected chi connectivity index (χ1v) is 4.64. The second-order valence-electron chi connectivity index (χ2n) is 3.07. The fraction of sp³-hybridized carbons (Fsp3) is 0.500. The monoisotopic (exact) mass is 164 g/mol. The summed E-state index contributed by atoms with van der Waals surface area (Å²) in [6.07, 6.45) is 10.1. The number of rotatable bonds is 1. The lowest BCUT2D eigenvalue weighted by atomic mass is 10.2. The van der Waals surface area contributed by atoms with Crippen molar-refractivity contribution in [3.8, 4) is 0 Å². The maximum atomic E-state index is 3.36. The molecule has 0 heteroatoms. The molecule has 1 aliphatic carbocycles. The maximum absolute atomic E-state index is 3.36. The van der Waals surface area contributed by atoms with Crippen LogP contribution in [-0.2, 0) is 0 Å². The molecule has 0 aliphatic heterocycles. The van der Waals surface area contributed by atoms with Crippen LogP contribution in [0.4, 0.5) is 0 Å². The van der Waals surface area contributed by atoms with Gasteiger partial charge in [-0.3, -0.25) is 0 Å². The van der Waals surface area contributed by atoms with Gasteiger partial charge < -0.3 is 0 Å². The van der Waals surface area contributed by atoms with E-state index < -0.39 is 0 Å². The van der Waals surface area contributed by atoms with Crippen molar-refractivity contribution < 1.29 is 0 Å². The van der Waals surface area contributed by atoms with Gasteiger partial charge in [0.25, 0.3) is 0 Å². The summed E-state index contributed by atoms with van der Waals surface area (Å²) in [7, 11) is 0. The summed E-state index contributed by atoms with van der Waals surface area (Å²) in [5, 5.41) is 0. The molecule has 0 N–H and O–H groups in total. The first-order chi connectivity index (χ1) is 5.76. The van der Waals surface area contributed by atoms with Gasteiger partial charge in [0.1, 0.15) is 0 Å². The molecule has 0 unspecified atom stereocenters. The average molecular weight is 164 g/mol. The first-order valence-electron chi connectivity index (χ1n) is 4.64. The lowest BCUT2D eigenvalue weighted by Crippen LogP contribution is -1.71. The van der Waals surface area contributed by atoms with Gasteiger partial charge in [-0.2, -0.15) is 0 Å². The minimum Gasteiger partial charge on any atom is -0.103 e. The van der Waals surface area contributed by atoms with Crippen LogP contribution < -0.4 is 0 Å². The van der Waals surface area contributed by atoms with Crippen LogP contribution in [0.1, 0.15) is 40.0 Å². The summed E-state index contributed by atoms with van der Waals surface area (Å²) >= 11 is 0. The highest BCUT2D eigenvalue weighted by atomic mass is 14.1. The second kappa shape index (κ2) is 6.90. The van der Waals surface area contributed by atoms with Crippen LogP contribution in [0.3, 0.4) is 0 Å². The van der Waals surface area contributed by atoms with Crippen LogP contribution in [0.25, 0.3) is 0 Å². The van der Waals surface area contributed by atoms with Crippen molar-refractivity contribution in [2.45, 2.75) is 40.0 Å². The number of allylic oxidation sites excluding steroid dienone is 5. The van der Waals surface area contributed by atoms with Gasteiger partial charge in [-0.15, -0.1) is 6.58 Å². The summed E-state index contributed by atoms with van der Waals surface area (Å²) in [6.45, 7) is 9.57. The SMILES string of the molecule is C/C=C\C1=C(C)CCC1.C=CC. The topological polar surface area (TPSA) is 0 Å². The molecule has 0 spiro atoms. The number of hydrogen-bond donors (Lipinski definition) is 0. The van der Waals surface area contributed by atoms with Gasteiger partial charge in [-0.05, 0) is 45.6 Å². The largest absolute Gasteiger partial charge is 0.103 e. The molecule has 0 heterocycles. The molecule has 0 saturated heterocycles. The summed E-state index contributed by atoms with van der Waals surface area (Å²) in [5.41, 5.74) is 3.16. The Morgan fingerprint density at radius 3 is 2.17 bits per heavy atom. The van der Waals surface area contributed by atoms with Gasteiger partial charge in [0, 0.05) is 0 Å². The highest BCUT2D eigenvalue weighted by Crippen LogP contribution is 2.25. The molecule has 12 heavy (non-hydrogen) atoms. The van der Waals surface area contributed by atoms with Gasteiger partial charge in [-0.1, -0.05) is 23.8 Å². The molecule has 0 aromatic heterocycles. The fourth-order valence-electron chi connectivity index (χ4n) is 1.34. The standard InChI is InChI=1S/C9H14.C3H6/c1-3-5-9-7-4-6-8(9)2;1-3-2/h3,5H,4,6-7H2,1-2H3;3H,1H2,2H3/b5-3-;. The molecule has 0 aromatic carbocycles. The van der Waals surface area contributed by atoms with E-state index in [1.54, 1.807) is 17.2 Å². The summed E-state index contributed by atoms with van der Waals surface area (Å²) in [4.78, 5) is 0. The lowest BCUT2D eigenvalue weighted by Gasteiger charge is -1.91. The first kappa shape index (κ1) is 11.2. The normalized spacial score (nSPS) is 16.2. The Morgan fingerprint density at radius 2 is 1.83 bits per heavy atom. The Kier molecular flexibility index (Phi) is 6.45. The quantitative estimate of drug-likeness (QED) is 0.508. The second-order valence-corrected chi connectivity index (χ2v) is 3.07. The van der Waals surface area contributed by atoms with Crippen molar-refractivity contribution in [3.05, 3.63) is 36.0 Å². The van der Waals surface area contributed by atoms with E-state index in [0.717, 1.165) is 0 Å². The lowest BCUT2D eigenvalue weighted by molar-refractivity contribution is 0.899. The predicted octanol–water partition coefficient (Wildman–Crippen LogP) is 4.26. The Morgan fingerprint density at radius 1 is 1.25 bits per heavy atom. The number of hydrogen-bond acceptors (Lipinski definition) is 0. The third-order valence-electron chi connectivity index (χ3n) is 1.91. The molecule has 0 radical (unpaired) electrons. The van der Waals surface area contributed by atoms with E-state index >= 15 is 0 Å². The molecule has 0 bridgehead atoms. The molecule has 1 aliphatic rings. The minimum atomic E-state index is 1.30. The zero-order chi connectivity index (χ0) is 9.40. The van der Waals surface area contributed by atoms with Crippen LogP contribution in [-0.4, -0.2) is 0 Å². The van der Waals surface area contributed by atoms with Gasteiger partial charge >= 0.3 is 0 Å². The van der Waals surface area contributed by atoms with Crippen LogP contribution in [0.2, 0.25) is 0 Å². The van der Waals surface area contributed by atoms with Crippen molar-refractivity contribution in [3.63, 3.8) is 0 Å². The average Bonchev–Trinajstić information content (AvgIpc) is 2.39. The van der Waals surface area contributed by atoms with Crippen LogP contribution in [0, 0.1) is 0 Å². The molecule has 0 aromatic rings. The minimum absolute atomic E-state index is 1.30. The predicted molar refractivity (Wildman–Crippen MR) is 57.2 cm³/mol. The fourth-order valence-corrected chi connectivity index (χ4v) is 1.34. The van der Waals surface area contributed by atoms with E-state index in [-0.39, 0.29) is 0 Å². The molecule has 0 amide bonds. The zero-order valence-corrected chi connectivity index (χ0v) is 8.56. The molecule has 0 saturated carbocycles. The van der Waals surface area contributed by atoms with Gasteiger partial charge in [0.05, 0.1) is 0 Å². The Bertz CT molecular complexity index is 182. The zero-order valence-electron chi connectivity index (χ0n) is 8.56. The highest BCUT2D eigenvalue weighted by molar-refractivity contribution is 5.27. The Hall–Kier alpha value is -0.780. The molecular weight excluding hydrogens is 144 g/mol. The summed E-state index contributed by atoms with van der Waals surface area (Å²) in [6, 6.07) is 0.